The number of hydrogen-bond donors (Lipinski definition) is 0. The first-order chi connectivity index (χ1) is 12.4. The summed E-state index contributed by atoms with van der Waals surface area (Å²) in [6.07, 6.45) is 1.25. The highest BCUT2D eigenvalue weighted by molar-refractivity contribution is 5.89. The summed E-state index contributed by atoms with van der Waals surface area (Å²) in [6, 6.07) is 4.92. The van der Waals surface area contributed by atoms with Gasteiger partial charge in [0.05, 0.1) is 12.3 Å². The van der Waals surface area contributed by atoms with Crippen LogP contribution in [0.15, 0.2) is 30.5 Å². The number of halogens is 4. The van der Waals surface area contributed by atoms with E-state index in [1.54, 1.807) is 6.07 Å². The van der Waals surface area contributed by atoms with E-state index < -0.39 is 34.5 Å². The molecule has 136 valence electrons. The maximum atomic E-state index is 15.6. The number of pyridine rings is 1. The van der Waals surface area contributed by atoms with Crippen LogP contribution in [0.1, 0.15) is 36.1 Å². The van der Waals surface area contributed by atoms with E-state index in [2.05, 4.69) is 4.98 Å². The zero-order chi connectivity index (χ0) is 18.5. The van der Waals surface area contributed by atoms with Gasteiger partial charge in [-0.3, -0.25) is 9.78 Å². The lowest BCUT2D eigenvalue weighted by Crippen LogP contribution is -2.39. The normalized spacial score (nSPS) is 26.6. The summed E-state index contributed by atoms with van der Waals surface area (Å²) in [5.41, 5.74) is -2.39. The van der Waals surface area contributed by atoms with E-state index in [0.717, 1.165) is 12.1 Å². The number of aryl methyl sites for hydroxylation is 1. The zero-order valence-electron chi connectivity index (χ0n) is 13.7. The first-order valence-electron chi connectivity index (χ1n) is 8.32. The molecule has 1 aromatic carbocycles. The molecule has 0 bridgehead atoms. The molecule has 1 fully saturated rings. The lowest BCUT2D eigenvalue weighted by atomic mass is 9.74. The maximum Gasteiger partial charge on any atom is 0.195 e. The Bertz CT molecular complexity index is 897. The Labute approximate surface area is 147 Å². The van der Waals surface area contributed by atoms with Gasteiger partial charge in [0.15, 0.2) is 28.9 Å². The second-order valence-electron chi connectivity index (χ2n) is 6.74. The number of ketones is 1. The number of hydrogen-bond acceptors (Lipinski definition) is 3. The lowest BCUT2D eigenvalue weighted by Gasteiger charge is -2.33. The van der Waals surface area contributed by atoms with Crippen LogP contribution in [0.3, 0.4) is 0 Å². The van der Waals surface area contributed by atoms with E-state index in [9.17, 15) is 18.0 Å². The van der Waals surface area contributed by atoms with Gasteiger partial charge in [-0.25, -0.2) is 17.6 Å². The molecule has 2 heterocycles. The predicted molar refractivity (Wildman–Crippen MR) is 83.5 cm³/mol. The third-order valence-electron chi connectivity index (χ3n) is 5.21. The van der Waals surface area contributed by atoms with Gasteiger partial charge >= 0.3 is 0 Å². The number of epoxide rings is 1. The summed E-state index contributed by atoms with van der Waals surface area (Å²) in [5.74, 6) is -4.97. The van der Waals surface area contributed by atoms with Crippen molar-refractivity contribution in [2.45, 2.75) is 37.0 Å². The van der Waals surface area contributed by atoms with Gasteiger partial charge in [0, 0.05) is 18.2 Å². The maximum absolute atomic E-state index is 15.6. The van der Waals surface area contributed by atoms with Gasteiger partial charge < -0.3 is 4.74 Å². The van der Waals surface area contributed by atoms with Gasteiger partial charge in [0.1, 0.15) is 5.60 Å². The molecule has 0 N–H and O–H groups in total. The van der Waals surface area contributed by atoms with Crippen LogP contribution in [-0.2, 0) is 27.2 Å². The highest BCUT2D eigenvalue weighted by atomic mass is 19.2. The Morgan fingerprint density at radius 3 is 2.65 bits per heavy atom. The van der Waals surface area contributed by atoms with Crippen LogP contribution >= 0.6 is 0 Å². The fourth-order valence-electron chi connectivity index (χ4n) is 3.58. The summed E-state index contributed by atoms with van der Waals surface area (Å²) < 4.78 is 61.1. The molecule has 3 nitrogen and oxygen atoms in total. The standard InChI is InChI=1S/C19H15F4NO2/c20-13-5-3-11(15(21)16(13)22)4-6-14(25)19(23)8-7-18(10-26-18)17-12(19)2-1-9-24-17/h1-3,5,9H,4,6-8,10H2/t18-,19+/m1/s1. The second-order valence-corrected chi connectivity index (χ2v) is 6.74. The van der Waals surface area contributed by atoms with Crippen molar-refractivity contribution in [1.82, 2.24) is 4.98 Å². The fraction of sp³-hybridized carbons (Fsp3) is 0.368. The molecule has 1 aliphatic heterocycles. The Kier molecular flexibility index (Phi) is 3.87. The average molecular weight is 365 g/mol. The largest absolute Gasteiger partial charge is 0.363 e. The number of Topliss-reactive ketones (excluding diaryl/α,β-unsaturated/α-hetero) is 1. The van der Waals surface area contributed by atoms with Crippen molar-refractivity contribution >= 4 is 5.78 Å². The summed E-state index contributed by atoms with van der Waals surface area (Å²) in [7, 11) is 0. The first kappa shape index (κ1) is 17.1. The number of fused-ring (bicyclic) bond motifs is 2. The molecule has 1 aliphatic carbocycles. The molecule has 1 spiro atoms. The third kappa shape index (κ3) is 2.53. The van der Waals surface area contributed by atoms with Crippen LogP contribution in [-0.4, -0.2) is 17.4 Å². The van der Waals surface area contributed by atoms with E-state index in [1.165, 1.54) is 12.3 Å². The summed E-state index contributed by atoms with van der Waals surface area (Å²) in [5, 5.41) is 0. The second kappa shape index (κ2) is 5.87. The monoisotopic (exact) mass is 365 g/mol. The highest BCUT2D eigenvalue weighted by Gasteiger charge is 2.58. The van der Waals surface area contributed by atoms with Crippen LogP contribution in [0.4, 0.5) is 17.6 Å². The smallest absolute Gasteiger partial charge is 0.195 e. The minimum Gasteiger partial charge on any atom is -0.363 e. The number of rotatable bonds is 4. The Morgan fingerprint density at radius 1 is 1.15 bits per heavy atom. The van der Waals surface area contributed by atoms with E-state index >= 15 is 4.39 Å². The molecule has 26 heavy (non-hydrogen) atoms. The van der Waals surface area contributed by atoms with Gasteiger partial charge in [-0.2, -0.15) is 0 Å². The molecule has 4 rings (SSSR count). The molecule has 0 amide bonds. The molecule has 0 unspecified atom stereocenters. The number of carbonyl (C=O) groups excluding carboxylic acids is 1. The molecule has 2 aliphatic rings. The van der Waals surface area contributed by atoms with Crippen molar-refractivity contribution < 1.29 is 27.1 Å². The zero-order valence-corrected chi connectivity index (χ0v) is 13.7. The van der Waals surface area contributed by atoms with Crippen molar-refractivity contribution in [3.63, 3.8) is 0 Å². The Balaban J connectivity index is 1.58. The first-order valence-corrected chi connectivity index (χ1v) is 8.32. The van der Waals surface area contributed by atoms with Gasteiger partial charge in [-0.05, 0) is 37.0 Å². The van der Waals surface area contributed by atoms with Gasteiger partial charge in [0.2, 0.25) is 0 Å². The molecule has 1 aromatic heterocycles. The number of benzene rings is 1. The Hall–Kier alpha value is -2.28. The summed E-state index contributed by atoms with van der Waals surface area (Å²) >= 11 is 0. The number of aromatic nitrogens is 1. The molecule has 0 saturated carbocycles. The third-order valence-corrected chi connectivity index (χ3v) is 5.21. The highest BCUT2D eigenvalue weighted by Crippen LogP contribution is 2.53. The van der Waals surface area contributed by atoms with Gasteiger partial charge in [-0.15, -0.1) is 0 Å². The van der Waals surface area contributed by atoms with Crippen molar-refractivity contribution in [2.24, 2.45) is 0 Å². The van der Waals surface area contributed by atoms with E-state index in [0.29, 0.717) is 18.7 Å². The van der Waals surface area contributed by atoms with Crippen LogP contribution < -0.4 is 0 Å². The summed E-state index contributed by atoms with van der Waals surface area (Å²) in [6.45, 7) is 0.446. The van der Waals surface area contributed by atoms with E-state index in [-0.39, 0.29) is 30.4 Å². The minimum atomic E-state index is -2.24. The van der Waals surface area contributed by atoms with E-state index in [1.807, 2.05) is 0 Å². The fourth-order valence-corrected chi connectivity index (χ4v) is 3.58. The molecular formula is C19H15F4NO2. The number of nitrogens with zero attached hydrogens (tertiary/aromatic N) is 1. The summed E-state index contributed by atoms with van der Waals surface area (Å²) in [4.78, 5) is 16.8. The van der Waals surface area contributed by atoms with Gasteiger partial charge in [0.25, 0.3) is 0 Å². The van der Waals surface area contributed by atoms with Crippen molar-refractivity contribution in [3.05, 3.63) is 64.7 Å². The SMILES string of the molecule is O=C(CCc1ccc(F)c(F)c1F)[C@]1(F)CC[C@@]2(CO2)c2ncccc21. The van der Waals surface area contributed by atoms with Crippen molar-refractivity contribution in [3.8, 4) is 0 Å². The quantitative estimate of drug-likeness (QED) is 0.469. The van der Waals surface area contributed by atoms with Crippen molar-refractivity contribution in [1.29, 1.82) is 0 Å². The van der Waals surface area contributed by atoms with Gasteiger partial charge in [-0.1, -0.05) is 12.1 Å². The number of ether oxygens (including phenoxy) is 1. The van der Waals surface area contributed by atoms with Crippen LogP contribution in [0, 0.1) is 17.5 Å². The minimum absolute atomic E-state index is 0.0508. The van der Waals surface area contributed by atoms with E-state index in [4.69, 9.17) is 4.74 Å². The number of alkyl halides is 1. The van der Waals surface area contributed by atoms with Crippen molar-refractivity contribution in [2.75, 3.05) is 6.61 Å². The predicted octanol–water partition coefficient (Wildman–Crippen LogP) is 3.88. The molecule has 2 atom stereocenters. The average Bonchev–Trinajstić information content (AvgIpc) is 3.43. The number of carbonyl (C=O) groups is 1. The van der Waals surface area contributed by atoms with Crippen LogP contribution in [0.25, 0.3) is 0 Å². The van der Waals surface area contributed by atoms with Crippen LogP contribution in [0.5, 0.6) is 0 Å². The lowest BCUT2D eigenvalue weighted by molar-refractivity contribution is -0.132. The Morgan fingerprint density at radius 2 is 1.92 bits per heavy atom. The van der Waals surface area contributed by atoms with Crippen LogP contribution in [0.2, 0.25) is 0 Å². The molecule has 0 radical (unpaired) electrons. The topological polar surface area (TPSA) is 42.5 Å². The molecule has 7 heteroatoms. The molecular weight excluding hydrogens is 350 g/mol. The molecule has 1 saturated heterocycles. The molecule has 2 aromatic rings.